The van der Waals surface area contributed by atoms with E-state index in [0.717, 1.165) is 4.90 Å². The highest BCUT2D eigenvalue weighted by Crippen LogP contribution is 2.46. The number of imide groups is 1. The molecular weight excluding hydrogens is 417 g/mol. The first kappa shape index (κ1) is 21.3. The van der Waals surface area contributed by atoms with Crippen molar-refractivity contribution in [2.24, 2.45) is 0 Å². The maximum atomic E-state index is 14.1. The summed E-state index contributed by atoms with van der Waals surface area (Å²) in [5, 5.41) is 9.76. The Morgan fingerprint density at radius 3 is 2.00 bits per heavy atom. The van der Waals surface area contributed by atoms with Gasteiger partial charge in [0, 0.05) is 10.8 Å². The van der Waals surface area contributed by atoms with Crippen LogP contribution in [-0.2, 0) is 11.2 Å². The Morgan fingerprint density at radius 2 is 1.47 bits per heavy atom. The Balaban J connectivity index is 1.92. The SMILES string of the molecule is CCOc1c2c(c(OCC)c3cc(F)ccc13)C(=O)N(c1ccc(CC(=O)O)cc1)C2=O. The molecule has 8 heteroatoms. The van der Waals surface area contributed by atoms with E-state index in [1.807, 2.05) is 0 Å². The van der Waals surface area contributed by atoms with Gasteiger partial charge in [0.15, 0.2) is 0 Å². The molecule has 7 nitrogen and oxygen atoms in total. The third-order valence-corrected chi connectivity index (χ3v) is 5.14. The second kappa shape index (κ2) is 8.30. The number of carbonyl (C=O) groups is 3. The standard InChI is InChI=1S/C24H20FNO6/c1-3-31-21-16-10-7-14(25)12-17(16)22(32-4-2)20-19(21)23(29)26(24(20)30)15-8-5-13(6-9-15)11-18(27)28/h5-10,12H,3-4,11H2,1-2H3,(H,27,28). The van der Waals surface area contributed by atoms with Gasteiger partial charge in [0.1, 0.15) is 17.3 Å². The highest BCUT2D eigenvalue weighted by molar-refractivity contribution is 6.38. The summed E-state index contributed by atoms with van der Waals surface area (Å²) in [7, 11) is 0. The topological polar surface area (TPSA) is 93.1 Å². The minimum absolute atomic E-state index is 0.0213. The Bertz CT molecular complexity index is 1250. The lowest BCUT2D eigenvalue weighted by Gasteiger charge is -2.16. The summed E-state index contributed by atoms with van der Waals surface area (Å²) in [6, 6.07) is 10.1. The maximum absolute atomic E-state index is 14.1. The Kier molecular flexibility index (Phi) is 5.52. The van der Waals surface area contributed by atoms with E-state index in [-0.39, 0.29) is 47.9 Å². The zero-order valence-corrected chi connectivity index (χ0v) is 17.5. The quantitative estimate of drug-likeness (QED) is 0.557. The molecule has 4 rings (SSSR count). The van der Waals surface area contributed by atoms with Gasteiger partial charge in [-0.15, -0.1) is 0 Å². The van der Waals surface area contributed by atoms with E-state index in [2.05, 4.69) is 0 Å². The number of amides is 2. The number of halogens is 1. The molecule has 3 aromatic rings. The summed E-state index contributed by atoms with van der Waals surface area (Å²) in [4.78, 5) is 38.8. The van der Waals surface area contributed by atoms with Crippen LogP contribution in [0.2, 0.25) is 0 Å². The van der Waals surface area contributed by atoms with Gasteiger partial charge in [-0.1, -0.05) is 12.1 Å². The smallest absolute Gasteiger partial charge is 0.307 e. The first-order chi connectivity index (χ1) is 15.4. The van der Waals surface area contributed by atoms with Crippen LogP contribution in [0.1, 0.15) is 40.1 Å². The van der Waals surface area contributed by atoms with Crippen LogP contribution in [0.25, 0.3) is 10.8 Å². The summed E-state index contributed by atoms with van der Waals surface area (Å²) in [6.45, 7) is 3.92. The lowest BCUT2D eigenvalue weighted by atomic mass is 9.98. The van der Waals surface area contributed by atoms with Crippen molar-refractivity contribution >= 4 is 34.2 Å². The third kappa shape index (κ3) is 3.43. The molecule has 0 spiro atoms. The molecule has 0 radical (unpaired) electrons. The van der Waals surface area contributed by atoms with Gasteiger partial charge in [-0.25, -0.2) is 9.29 Å². The maximum Gasteiger partial charge on any atom is 0.307 e. The van der Waals surface area contributed by atoms with E-state index in [4.69, 9.17) is 14.6 Å². The first-order valence-corrected chi connectivity index (χ1v) is 10.1. The van der Waals surface area contributed by atoms with Crippen molar-refractivity contribution in [3.05, 3.63) is 65.0 Å². The van der Waals surface area contributed by atoms with Crippen molar-refractivity contribution in [1.82, 2.24) is 0 Å². The predicted octanol–water partition coefficient (Wildman–Crippen LogP) is 4.20. The number of rotatable bonds is 7. The molecule has 32 heavy (non-hydrogen) atoms. The number of hydrogen-bond acceptors (Lipinski definition) is 5. The predicted molar refractivity (Wildman–Crippen MR) is 115 cm³/mol. The molecule has 2 amide bonds. The van der Waals surface area contributed by atoms with Gasteiger partial charge in [-0.3, -0.25) is 14.4 Å². The summed E-state index contributed by atoms with van der Waals surface area (Å²) >= 11 is 0. The van der Waals surface area contributed by atoms with Gasteiger partial charge in [0.2, 0.25) is 0 Å². The second-order valence-electron chi connectivity index (χ2n) is 7.15. The molecular formula is C24H20FNO6. The van der Waals surface area contributed by atoms with Crippen LogP contribution in [0, 0.1) is 5.82 Å². The Labute approximate surface area is 183 Å². The van der Waals surface area contributed by atoms with E-state index in [9.17, 15) is 18.8 Å². The molecule has 0 aliphatic carbocycles. The Morgan fingerprint density at radius 1 is 0.906 bits per heavy atom. The van der Waals surface area contributed by atoms with Crippen molar-refractivity contribution in [1.29, 1.82) is 0 Å². The van der Waals surface area contributed by atoms with E-state index < -0.39 is 23.6 Å². The summed E-state index contributed by atoms with van der Waals surface area (Å²) < 4.78 is 25.6. The first-order valence-electron chi connectivity index (χ1n) is 10.1. The van der Waals surface area contributed by atoms with Crippen molar-refractivity contribution in [3.63, 3.8) is 0 Å². The molecule has 1 aliphatic heterocycles. The van der Waals surface area contributed by atoms with Crippen LogP contribution >= 0.6 is 0 Å². The minimum Gasteiger partial charge on any atom is -0.492 e. The number of nitrogens with zero attached hydrogens (tertiary/aromatic N) is 1. The van der Waals surface area contributed by atoms with Crippen LogP contribution in [0.15, 0.2) is 42.5 Å². The van der Waals surface area contributed by atoms with E-state index in [1.165, 1.54) is 30.3 Å². The van der Waals surface area contributed by atoms with Gasteiger partial charge >= 0.3 is 5.97 Å². The Hall–Kier alpha value is -3.94. The molecule has 1 heterocycles. The van der Waals surface area contributed by atoms with Crippen molar-refractivity contribution in [3.8, 4) is 11.5 Å². The molecule has 1 aliphatic rings. The minimum atomic E-state index is -0.986. The van der Waals surface area contributed by atoms with Crippen molar-refractivity contribution in [2.75, 3.05) is 18.1 Å². The van der Waals surface area contributed by atoms with Crippen LogP contribution in [0.3, 0.4) is 0 Å². The average Bonchev–Trinajstić information content (AvgIpc) is 3.01. The molecule has 0 aromatic heterocycles. The van der Waals surface area contributed by atoms with Crippen LogP contribution < -0.4 is 14.4 Å². The number of ether oxygens (including phenoxy) is 2. The largest absolute Gasteiger partial charge is 0.492 e. The lowest BCUT2D eigenvalue weighted by molar-refractivity contribution is -0.136. The average molecular weight is 437 g/mol. The monoisotopic (exact) mass is 437 g/mol. The van der Waals surface area contributed by atoms with E-state index in [1.54, 1.807) is 26.0 Å². The highest BCUT2D eigenvalue weighted by atomic mass is 19.1. The second-order valence-corrected chi connectivity index (χ2v) is 7.15. The fourth-order valence-electron chi connectivity index (χ4n) is 3.88. The number of anilines is 1. The molecule has 0 bridgehead atoms. The zero-order chi connectivity index (χ0) is 23.0. The number of carboxylic acids is 1. The van der Waals surface area contributed by atoms with Gasteiger partial charge in [-0.05, 0) is 49.7 Å². The summed E-state index contributed by atoms with van der Waals surface area (Å²) in [5.74, 6) is -2.38. The number of aliphatic carboxylic acids is 1. The number of benzene rings is 3. The van der Waals surface area contributed by atoms with Gasteiger partial charge in [0.25, 0.3) is 11.8 Å². The molecule has 0 unspecified atom stereocenters. The molecule has 164 valence electrons. The van der Waals surface area contributed by atoms with E-state index >= 15 is 0 Å². The van der Waals surface area contributed by atoms with Gasteiger partial charge < -0.3 is 14.6 Å². The normalized spacial score (nSPS) is 12.9. The highest BCUT2D eigenvalue weighted by Gasteiger charge is 2.43. The number of carbonyl (C=O) groups excluding carboxylic acids is 2. The van der Waals surface area contributed by atoms with E-state index in [0.29, 0.717) is 16.3 Å². The summed E-state index contributed by atoms with van der Waals surface area (Å²) in [5.41, 5.74) is 0.900. The van der Waals surface area contributed by atoms with Crippen molar-refractivity contribution in [2.45, 2.75) is 20.3 Å². The van der Waals surface area contributed by atoms with Crippen LogP contribution in [-0.4, -0.2) is 36.1 Å². The number of fused-ring (bicyclic) bond motifs is 2. The third-order valence-electron chi connectivity index (χ3n) is 5.14. The number of hydrogen-bond donors (Lipinski definition) is 1. The molecule has 1 N–H and O–H groups in total. The van der Waals surface area contributed by atoms with Gasteiger partial charge in [-0.2, -0.15) is 0 Å². The van der Waals surface area contributed by atoms with Crippen LogP contribution in [0.5, 0.6) is 11.5 Å². The zero-order valence-electron chi connectivity index (χ0n) is 17.5. The molecule has 0 saturated carbocycles. The molecule has 3 aromatic carbocycles. The molecule has 0 saturated heterocycles. The van der Waals surface area contributed by atoms with Crippen molar-refractivity contribution < 1.29 is 33.4 Å². The number of carboxylic acid groups (broad SMARTS) is 1. The van der Waals surface area contributed by atoms with Gasteiger partial charge in [0.05, 0.1) is 36.4 Å². The fourth-order valence-corrected chi connectivity index (χ4v) is 3.88. The molecule has 0 fully saturated rings. The van der Waals surface area contributed by atoms with Crippen LogP contribution in [0.4, 0.5) is 10.1 Å². The molecule has 0 atom stereocenters. The summed E-state index contributed by atoms with van der Waals surface area (Å²) in [6.07, 6.45) is -0.178. The fraction of sp³-hybridized carbons (Fsp3) is 0.208. The lowest BCUT2D eigenvalue weighted by Crippen LogP contribution is -2.29.